The van der Waals surface area contributed by atoms with Crippen molar-refractivity contribution in [3.63, 3.8) is 0 Å². The van der Waals surface area contributed by atoms with Gasteiger partial charge in [-0.05, 0) is 43.7 Å². The molecule has 3 nitrogen and oxygen atoms in total. The molecule has 0 amide bonds. The van der Waals surface area contributed by atoms with E-state index >= 15 is 0 Å². The van der Waals surface area contributed by atoms with E-state index in [1.165, 1.54) is 25.7 Å². The van der Waals surface area contributed by atoms with Crippen LogP contribution in [0, 0.1) is 11.8 Å². The van der Waals surface area contributed by atoms with Crippen molar-refractivity contribution in [1.82, 2.24) is 0 Å². The maximum absolute atomic E-state index is 11.9. The van der Waals surface area contributed by atoms with E-state index in [-0.39, 0.29) is 5.97 Å². The SMILES string of the molecule is CCOC(=O)c1ccccc1NCC1CCCC(C)C1. The summed E-state index contributed by atoms with van der Waals surface area (Å²) in [5.74, 6) is 1.30. The molecule has 1 aromatic rings. The van der Waals surface area contributed by atoms with Crippen LogP contribution in [-0.4, -0.2) is 19.1 Å². The summed E-state index contributed by atoms with van der Waals surface area (Å²) in [4.78, 5) is 11.9. The first-order valence-electron chi connectivity index (χ1n) is 7.70. The second kappa shape index (κ2) is 7.32. The minimum atomic E-state index is -0.243. The molecule has 3 heteroatoms. The van der Waals surface area contributed by atoms with Crippen LogP contribution in [0.1, 0.15) is 49.9 Å². The molecule has 0 saturated heterocycles. The van der Waals surface area contributed by atoms with Crippen LogP contribution in [0.3, 0.4) is 0 Å². The standard InChI is InChI=1S/C17H25NO2/c1-3-20-17(19)15-9-4-5-10-16(15)18-12-14-8-6-7-13(2)11-14/h4-5,9-10,13-14,18H,3,6-8,11-12H2,1-2H3. The van der Waals surface area contributed by atoms with Crippen molar-refractivity contribution in [2.75, 3.05) is 18.5 Å². The van der Waals surface area contributed by atoms with Gasteiger partial charge in [0.05, 0.1) is 12.2 Å². The average molecular weight is 275 g/mol. The third-order valence-corrected chi connectivity index (χ3v) is 4.05. The van der Waals surface area contributed by atoms with E-state index < -0.39 is 0 Å². The molecule has 1 aromatic carbocycles. The molecule has 2 rings (SSSR count). The van der Waals surface area contributed by atoms with Crippen LogP contribution in [0.4, 0.5) is 5.69 Å². The fourth-order valence-electron chi connectivity index (χ4n) is 3.02. The maximum Gasteiger partial charge on any atom is 0.340 e. The Balaban J connectivity index is 1.96. The van der Waals surface area contributed by atoms with Gasteiger partial charge in [0, 0.05) is 12.2 Å². The summed E-state index contributed by atoms with van der Waals surface area (Å²) in [5, 5.41) is 3.44. The van der Waals surface area contributed by atoms with Crippen molar-refractivity contribution in [3.05, 3.63) is 29.8 Å². The van der Waals surface area contributed by atoms with Crippen molar-refractivity contribution in [2.24, 2.45) is 11.8 Å². The molecule has 1 aliphatic rings. The largest absolute Gasteiger partial charge is 0.462 e. The molecule has 1 saturated carbocycles. The Hall–Kier alpha value is -1.51. The summed E-state index contributed by atoms with van der Waals surface area (Å²) in [7, 11) is 0. The van der Waals surface area contributed by atoms with Crippen LogP contribution in [0.25, 0.3) is 0 Å². The van der Waals surface area contributed by atoms with Crippen LogP contribution in [-0.2, 0) is 4.74 Å². The van der Waals surface area contributed by atoms with Crippen LogP contribution in [0.5, 0.6) is 0 Å². The molecule has 110 valence electrons. The lowest BCUT2D eigenvalue weighted by Gasteiger charge is -2.27. The van der Waals surface area contributed by atoms with Gasteiger partial charge >= 0.3 is 5.97 Å². The predicted molar refractivity (Wildman–Crippen MR) is 82.0 cm³/mol. The van der Waals surface area contributed by atoms with Crippen molar-refractivity contribution >= 4 is 11.7 Å². The molecule has 20 heavy (non-hydrogen) atoms. The molecule has 1 fully saturated rings. The average Bonchev–Trinajstić information content (AvgIpc) is 2.46. The van der Waals surface area contributed by atoms with Gasteiger partial charge in [0.15, 0.2) is 0 Å². The Bertz CT molecular complexity index is 444. The number of anilines is 1. The Kier molecular flexibility index (Phi) is 5.45. The molecule has 1 aliphatic carbocycles. The summed E-state index contributed by atoms with van der Waals surface area (Å²) in [6.07, 6.45) is 5.26. The van der Waals surface area contributed by atoms with E-state index in [1.807, 2.05) is 31.2 Å². The highest BCUT2D eigenvalue weighted by Crippen LogP contribution is 2.29. The van der Waals surface area contributed by atoms with Crippen LogP contribution in [0.15, 0.2) is 24.3 Å². The minimum Gasteiger partial charge on any atom is -0.462 e. The van der Waals surface area contributed by atoms with Gasteiger partial charge in [-0.3, -0.25) is 0 Å². The van der Waals surface area contributed by atoms with E-state index in [4.69, 9.17) is 4.74 Å². The predicted octanol–water partition coefficient (Wildman–Crippen LogP) is 4.10. The first-order chi connectivity index (χ1) is 9.70. The number of carbonyl (C=O) groups is 1. The lowest BCUT2D eigenvalue weighted by Crippen LogP contribution is -2.22. The summed E-state index contributed by atoms with van der Waals surface area (Å²) >= 11 is 0. The molecule has 0 aromatic heterocycles. The monoisotopic (exact) mass is 275 g/mol. The van der Waals surface area contributed by atoms with Gasteiger partial charge in [-0.2, -0.15) is 0 Å². The highest BCUT2D eigenvalue weighted by molar-refractivity contribution is 5.95. The molecular formula is C17H25NO2. The summed E-state index contributed by atoms with van der Waals surface area (Å²) < 4.78 is 5.10. The van der Waals surface area contributed by atoms with Crippen LogP contribution in [0.2, 0.25) is 0 Å². The first-order valence-corrected chi connectivity index (χ1v) is 7.70. The van der Waals surface area contributed by atoms with E-state index in [9.17, 15) is 4.79 Å². The molecule has 0 bridgehead atoms. The van der Waals surface area contributed by atoms with E-state index in [0.29, 0.717) is 18.1 Å². The Morgan fingerprint density at radius 1 is 1.35 bits per heavy atom. The van der Waals surface area contributed by atoms with Gasteiger partial charge in [0.2, 0.25) is 0 Å². The summed E-state index contributed by atoms with van der Waals surface area (Å²) in [5.41, 5.74) is 1.53. The highest BCUT2D eigenvalue weighted by Gasteiger charge is 2.19. The normalized spacial score (nSPS) is 22.3. The number of para-hydroxylation sites is 1. The smallest absolute Gasteiger partial charge is 0.340 e. The van der Waals surface area contributed by atoms with Crippen molar-refractivity contribution in [1.29, 1.82) is 0 Å². The number of carbonyl (C=O) groups excluding carboxylic acids is 1. The Morgan fingerprint density at radius 3 is 2.90 bits per heavy atom. The van der Waals surface area contributed by atoms with Crippen molar-refractivity contribution < 1.29 is 9.53 Å². The third kappa shape index (κ3) is 3.99. The van der Waals surface area contributed by atoms with Crippen molar-refractivity contribution in [3.8, 4) is 0 Å². The number of esters is 1. The number of benzene rings is 1. The molecule has 1 N–H and O–H groups in total. The molecule has 2 unspecified atom stereocenters. The topological polar surface area (TPSA) is 38.3 Å². The second-order valence-electron chi connectivity index (χ2n) is 5.78. The lowest BCUT2D eigenvalue weighted by molar-refractivity contribution is 0.0527. The molecule has 0 radical (unpaired) electrons. The van der Waals surface area contributed by atoms with Gasteiger partial charge in [0.25, 0.3) is 0 Å². The van der Waals surface area contributed by atoms with Gasteiger partial charge in [-0.25, -0.2) is 4.79 Å². The molecule has 2 atom stereocenters. The van der Waals surface area contributed by atoms with E-state index in [0.717, 1.165) is 18.2 Å². The zero-order valence-corrected chi connectivity index (χ0v) is 12.5. The van der Waals surface area contributed by atoms with Crippen LogP contribution >= 0.6 is 0 Å². The quantitative estimate of drug-likeness (QED) is 0.822. The maximum atomic E-state index is 11.9. The number of ether oxygens (including phenoxy) is 1. The number of hydrogen-bond acceptors (Lipinski definition) is 3. The summed E-state index contributed by atoms with van der Waals surface area (Å²) in [6.45, 7) is 5.52. The van der Waals surface area contributed by atoms with Crippen LogP contribution < -0.4 is 5.32 Å². The fourth-order valence-corrected chi connectivity index (χ4v) is 3.02. The molecule has 0 spiro atoms. The van der Waals surface area contributed by atoms with Gasteiger partial charge < -0.3 is 10.1 Å². The molecule has 0 aliphatic heterocycles. The van der Waals surface area contributed by atoms with E-state index in [1.54, 1.807) is 0 Å². The fraction of sp³-hybridized carbons (Fsp3) is 0.588. The van der Waals surface area contributed by atoms with Gasteiger partial charge in [-0.15, -0.1) is 0 Å². The number of nitrogens with one attached hydrogen (secondary N) is 1. The number of rotatable bonds is 5. The lowest BCUT2D eigenvalue weighted by atomic mass is 9.82. The van der Waals surface area contributed by atoms with Crippen molar-refractivity contribution in [2.45, 2.75) is 39.5 Å². The third-order valence-electron chi connectivity index (χ3n) is 4.05. The minimum absolute atomic E-state index is 0.243. The Morgan fingerprint density at radius 2 is 2.15 bits per heavy atom. The second-order valence-corrected chi connectivity index (χ2v) is 5.78. The number of hydrogen-bond donors (Lipinski definition) is 1. The van der Waals surface area contributed by atoms with Gasteiger partial charge in [-0.1, -0.05) is 31.9 Å². The first kappa shape index (κ1) is 14.9. The Labute approximate surface area is 121 Å². The van der Waals surface area contributed by atoms with E-state index in [2.05, 4.69) is 12.2 Å². The molecular weight excluding hydrogens is 250 g/mol. The summed E-state index contributed by atoms with van der Waals surface area (Å²) in [6, 6.07) is 7.61. The zero-order chi connectivity index (χ0) is 14.4. The highest BCUT2D eigenvalue weighted by atomic mass is 16.5. The van der Waals surface area contributed by atoms with Gasteiger partial charge in [0.1, 0.15) is 0 Å². The molecule has 0 heterocycles. The zero-order valence-electron chi connectivity index (χ0n) is 12.5.